The van der Waals surface area contributed by atoms with Crippen LogP contribution in [0, 0.1) is 10.1 Å². The van der Waals surface area contributed by atoms with E-state index >= 15 is 0 Å². The van der Waals surface area contributed by atoms with E-state index in [0.29, 0.717) is 5.02 Å². The lowest BCUT2D eigenvalue weighted by molar-refractivity contribution is -0.384. The lowest BCUT2D eigenvalue weighted by Gasteiger charge is -2.20. The largest absolute Gasteiger partial charge is 0.340 e. The van der Waals surface area contributed by atoms with E-state index in [0.717, 1.165) is 22.6 Å². The molecule has 2 aromatic rings. The van der Waals surface area contributed by atoms with Gasteiger partial charge in [-0.2, -0.15) is 0 Å². The van der Waals surface area contributed by atoms with Gasteiger partial charge in [-0.25, -0.2) is 0 Å². The molecule has 1 aliphatic heterocycles. The Hall–Kier alpha value is -3.26. The first-order valence-electron chi connectivity index (χ1n) is 7.91. The third kappa shape index (κ3) is 3.65. The Morgan fingerprint density at radius 3 is 2.37 bits per heavy atom. The molecule has 0 aliphatic carbocycles. The first-order valence-corrected chi connectivity index (χ1v) is 8.29. The number of nitro groups is 1. The number of fused-ring (bicyclic) bond motifs is 1. The van der Waals surface area contributed by atoms with Gasteiger partial charge in [0.2, 0.25) is 5.91 Å². The fraction of sp³-hybridized carbons (Fsp3) is 0.167. The normalized spacial score (nSPS) is 12.9. The van der Waals surface area contributed by atoms with Crippen LogP contribution >= 0.6 is 11.6 Å². The molecule has 0 spiro atoms. The summed E-state index contributed by atoms with van der Waals surface area (Å²) in [5.41, 5.74) is 0.539. The van der Waals surface area contributed by atoms with Crippen LogP contribution in [0.5, 0.6) is 0 Å². The number of carbonyl (C=O) groups is 3. The molecule has 0 fully saturated rings. The van der Waals surface area contributed by atoms with Crippen molar-refractivity contribution in [3.63, 3.8) is 0 Å². The summed E-state index contributed by atoms with van der Waals surface area (Å²) in [6.45, 7) is -0.158. The topological polar surface area (TPSA) is 101 Å². The number of amides is 3. The van der Waals surface area contributed by atoms with E-state index in [9.17, 15) is 24.5 Å². The van der Waals surface area contributed by atoms with Gasteiger partial charge < -0.3 is 4.90 Å². The smallest absolute Gasteiger partial charge is 0.270 e. The van der Waals surface area contributed by atoms with Gasteiger partial charge in [0.05, 0.1) is 16.1 Å². The monoisotopic (exact) mass is 387 g/mol. The maximum absolute atomic E-state index is 12.4. The van der Waals surface area contributed by atoms with Crippen molar-refractivity contribution in [1.82, 2.24) is 9.80 Å². The second kappa shape index (κ2) is 7.16. The number of benzene rings is 2. The molecule has 0 saturated heterocycles. The van der Waals surface area contributed by atoms with E-state index in [-0.39, 0.29) is 23.4 Å². The van der Waals surface area contributed by atoms with Crippen LogP contribution in [0.2, 0.25) is 5.02 Å². The Balaban J connectivity index is 1.72. The molecule has 0 atom stereocenters. The van der Waals surface area contributed by atoms with Gasteiger partial charge in [0.15, 0.2) is 0 Å². The number of nitro benzene ring substituents is 1. The summed E-state index contributed by atoms with van der Waals surface area (Å²) in [5.74, 6) is -1.79. The Labute approximate surface area is 159 Å². The van der Waals surface area contributed by atoms with Crippen molar-refractivity contribution in [3.8, 4) is 0 Å². The molecule has 2 aromatic carbocycles. The molecule has 1 aliphatic rings. The van der Waals surface area contributed by atoms with Gasteiger partial charge in [0, 0.05) is 30.7 Å². The molecule has 0 radical (unpaired) electrons. The average molecular weight is 388 g/mol. The highest BCUT2D eigenvalue weighted by Crippen LogP contribution is 2.26. The third-order valence-electron chi connectivity index (χ3n) is 4.22. The van der Waals surface area contributed by atoms with Crippen LogP contribution in [-0.2, 0) is 11.3 Å². The molecule has 0 N–H and O–H groups in total. The van der Waals surface area contributed by atoms with Gasteiger partial charge in [0.25, 0.3) is 17.5 Å². The van der Waals surface area contributed by atoms with Crippen LogP contribution in [0.3, 0.4) is 0 Å². The molecule has 0 bridgehead atoms. The second-order valence-corrected chi connectivity index (χ2v) is 6.50. The first-order chi connectivity index (χ1) is 12.8. The van der Waals surface area contributed by atoms with Crippen molar-refractivity contribution in [2.45, 2.75) is 6.54 Å². The second-order valence-electron chi connectivity index (χ2n) is 6.06. The van der Waals surface area contributed by atoms with E-state index in [2.05, 4.69) is 0 Å². The molecule has 1 heterocycles. The van der Waals surface area contributed by atoms with E-state index in [1.165, 1.54) is 11.0 Å². The Bertz CT molecular complexity index is 958. The number of rotatable bonds is 5. The Morgan fingerprint density at radius 1 is 1.11 bits per heavy atom. The van der Waals surface area contributed by atoms with E-state index in [4.69, 9.17) is 11.6 Å². The van der Waals surface area contributed by atoms with Crippen LogP contribution in [0.25, 0.3) is 0 Å². The number of non-ortho nitro benzene ring substituents is 1. The zero-order valence-electron chi connectivity index (χ0n) is 14.2. The maximum Gasteiger partial charge on any atom is 0.270 e. The molecule has 8 nitrogen and oxygen atoms in total. The van der Waals surface area contributed by atoms with Gasteiger partial charge in [-0.1, -0.05) is 23.7 Å². The Kier molecular flexibility index (Phi) is 4.91. The van der Waals surface area contributed by atoms with Crippen LogP contribution in [0.1, 0.15) is 26.3 Å². The van der Waals surface area contributed by atoms with E-state index in [1.54, 1.807) is 31.3 Å². The van der Waals surface area contributed by atoms with E-state index < -0.39 is 29.2 Å². The highest BCUT2D eigenvalue weighted by Gasteiger charge is 2.38. The molecule has 0 saturated carbocycles. The first kappa shape index (κ1) is 18.5. The summed E-state index contributed by atoms with van der Waals surface area (Å²) in [6.07, 6.45) is 0. The number of carbonyl (C=O) groups excluding carboxylic acids is 3. The minimum atomic E-state index is -0.716. The molecule has 138 valence electrons. The summed E-state index contributed by atoms with van der Waals surface area (Å²) < 4.78 is 0. The molecule has 27 heavy (non-hydrogen) atoms. The quantitative estimate of drug-likeness (QED) is 0.445. The summed E-state index contributed by atoms with van der Waals surface area (Å²) in [7, 11) is 1.56. The lowest BCUT2D eigenvalue weighted by atomic mass is 10.1. The molecule has 3 amide bonds. The van der Waals surface area contributed by atoms with E-state index in [1.807, 2.05) is 0 Å². The number of halogens is 1. The molecule has 0 unspecified atom stereocenters. The van der Waals surface area contributed by atoms with Crippen LogP contribution in [0.15, 0.2) is 42.5 Å². The molecule has 9 heteroatoms. The highest BCUT2D eigenvalue weighted by atomic mass is 35.5. The third-order valence-corrected chi connectivity index (χ3v) is 4.47. The minimum absolute atomic E-state index is 0.0544. The maximum atomic E-state index is 12.4. The van der Waals surface area contributed by atoms with Gasteiger partial charge in [0.1, 0.15) is 6.54 Å². The zero-order chi connectivity index (χ0) is 19.7. The van der Waals surface area contributed by atoms with Crippen molar-refractivity contribution < 1.29 is 19.3 Å². The predicted molar refractivity (Wildman–Crippen MR) is 96.4 cm³/mol. The van der Waals surface area contributed by atoms with Crippen molar-refractivity contribution in [2.75, 3.05) is 13.6 Å². The number of likely N-dealkylation sites (N-methyl/N-ethyl adjacent to an activating group) is 1. The summed E-state index contributed by atoms with van der Waals surface area (Å²) in [4.78, 5) is 49.7. The zero-order valence-corrected chi connectivity index (χ0v) is 15.0. The fourth-order valence-corrected chi connectivity index (χ4v) is 2.87. The summed E-state index contributed by atoms with van der Waals surface area (Å²) in [5, 5.41) is 11.4. The number of hydrogen-bond acceptors (Lipinski definition) is 5. The molecule has 0 aromatic heterocycles. The van der Waals surface area contributed by atoms with Crippen molar-refractivity contribution in [1.29, 1.82) is 0 Å². The van der Waals surface area contributed by atoms with Crippen molar-refractivity contribution in [2.24, 2.45) is 0 Å². The number of nitrogens with zero attached hydrogens (tertiary/aromatic N) is 3. The highest BCUT2D eigenvalue weighted by molar-refractivity contribution is 6.30. The average Bonchev–Trinajstić information content (AvgIpc) is 2.88. The van der Waals surface area contributed by atoms with Crippen LogP contribution in [0.4, 0.5) is 5.69 Å². The van der Waals surface area contributed by atoms with Crippen molar-refractivity contribution >= 4 is 35.0 Å². The van der Waals surface area contributed by atoms with Crippen LogP contribution in [-0.4, -0.2) is 46.0 Å². The summed E-state index contributed by atoms with van der Waals surface area (Å²) >= 11 is 5.83. The lowest BCUT2D eigenvalue weighted by Crippen LogP contribution is -2.40. The molecular formula is C18H14ClN3O5. The Morgan fingerprint density at radius 2 is 1.74 bits per heavy atom. The molecule has 3 rings (SSSR count). The predicted octanol–water partition coefficient (Wildman–Crippen LogP) is 2.50. The number of hydrogen-bond donors (Lipinski definition) is 0. The SMILES string of the molecule is CN(Cc1ccc(Cl)cc1)C(=O)CN1C(=O)c2ccc([N+](=O)[O-])cc2C1=O. The number of imide groups is 1. The van der Waals surface area contributed by atoms with Crippen LogP contribution < -0.4 is 0 Å². The summed E-state index contributed by atoms with van der Waals surface area (Å²) in [6, 6.07) is 10.4. The van der Waals surface area contributed by atoms with Crippen molar-refractivity contribution in [3.05, 3.63) is 74.3 Å². The van der Waals surface area contributed by atoms with Gasteiger partial charge in [-0.15, -0.1) is 0 Å². The standard InChI is InChI=1S/C18H14ClN3O5/c1-20(9-11-2-4-12(19)5-3-11)16(23)10-21-17(24)14-7-6-13(22(26)27)8-15(14)18(21)25/h2-8H,9-10H2,1H3. The van der Waals surface area contributed by atoms with Gasteiger partial charge >= 0.3 is 0 Å². The minimum Gasteiger partial charge on any atom is -0.340 e. The van der Waals surface area contributed by atoms with Gasteiger partial charge in [-0.05, 0) is 23.8 Å². The van der Waals surface area contributed by atoms with Gasteiger partial charge in [-0.3, -0.25) is 29.4 Å². The molecular weight excluding hydrogens is 374 g/mol. The fourth-order valence-electron chi connectivity index (χ4n) is 2.74.